The summed E-state index contributed by atoms with van der Waals surface area (Å²) in [7, 11) is 1.73. The lowest BCUT2D eigenvalue weighted by Gasteiger charge is -2.64. The number of esters is 3. The zero-order valence-electron chi connectivity index (χ0n) is 27.8. The standard InChI is InChI=1S/C33H52N2O9.ClH/c1-17-26(41-18(2)36)27(42-19(3)37)28(43-20(4)38)30(40-17)44-22-10-13-31(5)21(16-22)8-9-24-23(31)11-14-32(6)25(29(39)35-7)12-15-33(24,32)34;/h17,21-28,30H,8-16,34H2,1-7H3,(H,35,39);1H/t17-,21+,22-,23-,24+,25+,26-,27+,28+,30-,31-,32+,33-;/m0./s1. The number of carbonyl (C=O) groups is 4. The molecule has 1 heterocycles. The van der Waals surface area contributed by atoms with Crippen molar-refractivity contribution in [2.45, 2.75) is 142 Å². The molecule has 1 amide bonds. The Morgan fingerprint density at radius 3 is 2.04 bits per heavy atom. The molecule has 0 radical (unpaired) electrons. The number of ether oxygens (including phenoxy) is 5. The molecule has 0 unspecified atom stereocenters. The Bertz CT molecular complexity index is 1160. The minimum atomic E-state index is -1.09. The summed E-state index contributed by atoms with van der Waals surface area (Å²) >= 11 is 0. The van der Waals surface area contributed by atoms with Gasteiger partial charge < -0.3 is 34.7 Å². The van der Waals surface area contributed by atoms with Crippen LogP contribution in [0.1, 0.15) is 99.3 Å². The van der Waals surface area contributed by atoms with E-state index >= 15 is 0 Å². The van der Waals surface area contributed by atoms with Crippen LogP contribution in [0.15, 0.2) is 0 Å². The smallest absolute Gasteiger partial charge is 0.303 e. The third-order valence-electron chi connectivity index (χ3n) is 12.5. The van der Waals surface area contributed by atoms with Gasteiger partial charge in [-0.05, 0) is 93.3 Å². The van der Waals surface area contributed by atoms with Crippen molar-refractivity contribution in [1.82, 2.24) is 5.32 Å². The van der Waals surface area contributed by atoms with E-state index in [1.807, 2.05) is 0 Å². The van der Waals surface area contributed by atoms with Crippen molar-refractivity contribution in [3.05, 3.63) is 0 Å². The second-order valence-electron chi connectivity index (χ2n) is 14.7. The number of amides is 1. The number of nitrogens with two attached hydrogens (primary N) is 1. The zero-order chi connectivity index (χ0) is 32.2. The van der Waals surface area contributed by atoms with E-state index in [0.717, 1.165) is 57.8 Å². The normalized spacial score (nSPS) is 45.4. The second-order valence-corrected chi connectivity index (χ2v) is 14.7. The predicted octanol–water partition coefficient (Wildman–Crippen LogP) is 3.82. The van der Waals surface area contributed by atoms with Gasteiger partial charge in [0, 0.05) is 39.3 Å². The van der Waals surface area contributed by atoms with Crippen molar-refractivity contribution in [3.8, 4) is 0 Å². The lowest BCUT2D eigenvalue weighted by Crippen LogP contribution is -2.67. The average Bonchev–Trinajstić information content (AvgIpc) is 3.23. The molecule has 12 heteroatoms. The highest BCUT2D eigenvalue weighted by Crippen LogP contribution is 2.68. The fraction of sp³-hybridized carbons (Fsp3) is 0.879. The molecule has 0 bridgehead atoms. The Labute approximate surface area is 273 Å². The van der Waals surface area contributed by atoms with Gasteiger partial charge in [0.1, 0.15) is 0 Å². The van der Waals surface area contributed by atoms with Crippen LogP contribution in [-0.4, -0.2) is 73.2 Å². The average molecular weight is 657 g/mol. The largest absolute Gasteiger partial charge is 0.456 e. The van der Waals surface area contributed by atoms with E-state index in [9.17, 15) is 19.2 Å². The Morgan fingerprint density at radius 2 is 1.42 bits per heavy atom. The molecule has 0 aromatic heterocycles. The van der Waals surface area contributed by atoms with Crippen LogP contribution in [0.5, 0.6) is 0 Å². The Balaban J connectivity index is 0.00000461. The van der Waals surface area contributed by atoms with Gasteiger partial charge in [0.2, 0.25) is 5.91 Å². The van der Waals surface area contributed by atoms with Crippen molar-refractivity contribution in [2.75, 3.05) is 7.05 Å². The summed E-state index contributed by atoms with van der Waals surface area (Å²) in [5.74, 6) is -0.347. The highest BCUT2D eigenvalue weighted by atomic mass is 35.5. The van der Waals surface area contributed by atoms with Gasteiger partial charge in [0.15, 0.2) is 24.6 Å². The number of fused-ring (bicyclic) bond motifs is 5. The third-order valence-corrected chi connectivity index (χ3v) is 12.5. The molecule has 5 rings (SSSR count). The lowest BCUT2D eigenvalue weighted by molar-refractivity contribution is -0.315. The zero-order valence-corrected chi connectivity index (χ0v) is 28.6. The van der Waals surface area contributed by atoms with E-state index in [0.29, 0.717) is 17.8 Å². The number of hydrogen-bond acceptors (Lipinski definition) is 10. The minimum Gasteiger partial charge on any atom is -0.456 e. The van der Waals surface area contributed by atoms with Gasteiger partial charge in [-0.25, -0.2) is 0 Å². The summed E-state index contributed by atoms with van der Waals surface area (Å²) in [6.45, 7) is 10.2. The molecule has 11 nitrogen and oxygen atoms in total. The topological polar surface area (TPSA) is 152 Å². The number of nitrogens with one attached hydrogen (secondary N) is 1. The van der Waals surface area contributed by atoms with Gasteiger partial charge in [-0.15, -0.1) is 12.4 Å². The van der Waals surface area contributed by atoms with Gasteiger partial charge in [0.25, 0.3) is 0 Å². The van der Waals surface area contributed by atoms with Crippen molar-refractivity contribution in [1.29, 1.82) is 0 Å². The van der Waals surface area contributed by atoms with Crippen LogP contribution < -0.4 is 11.1 Å². The fourth-order valence-corrected chi connectivity index (χ4v) is 10.3. The first-order valence-electron chi connectivity index (χ1n) is 16.5. The van der Waals surface area contributed by atoms with Gasteiger partial charge in [0.05, 0.1) is 12.2 Å². The molecule has 5 fully saturated rings. The van der Waals surface area contributed by atoms with Crippen LogP contribution >= 0.6 is 12.4 Å². The van der Waals surface area contributed by atoms with E-state index in [1.54, 1.807) is 14.0 Å². The molecule has 1 saturated heterocycles. The van der Waals surface area contributed by atoms with E-state index in [4.69, 9.17) is 29.4 Å². The molecule has 5 aliphatic rings. The van der Waals surface area contributed by atoms with E-state index in [-0.39, 0.29) is 46.7 Å². The van der Waals surface area contributed by atoms with E-state index < -0.39 is 48.6 Å². The van der Waals surface area contributed by atoms with Crippen molar-refractivity contribution in [3.63, 3.8) is 0 Å². The first kappa shape index (κ1) is 35.9. The molecule has 1 aliphatic heterocycles. The molecule has 3 N–H and O–H groups in total. The Kier molecular flexibility index (Phi) is 10.6. The summed E-state index contributed by atoms with van der Waals surface area (Å²) in [5, 5.41) is 2.89. The Morgan fingerprint density at radius 1 is 0.800 bits per heavy atom. The molecule has 256 valence electrons. The molecule has 13 atom stereocenters. The molecule has 4 saturated carbocycles. The van der Waals surface area contributed by atoms with Crippen molar-refractivity contribution >= 4 is 36.2 Å². The van der Waals surface area contributed by atoms with Crippen LogP contribution in [0.2, 0.25) is 0 Å². The maximum Gasteiger partial charge on any atom is 0.303 e. The van der Waals surface area contributed by atoms with Gasteiger partial charge in [-0.2, -0.15) is 0 Å². The summed E-state index contributed by atoms with van der Waals surface area (Å²) < 4.78 is 29.4. The quantitative estimate of drug-likeness (QED) is 0.245. The van der Waals surface area contributed by atoms with Crippen LogP contribution in [-0.2, 0) is 42.9 Å². The van der Waals surface area contributed by atoms with E-state index in [1.165, 1.54) is 20.8 Å². The maximum absolute atomic E-state index is 12.8. The summed E-state index contributed by atoms with van der Waals surface area (Å²) in [5.41, 5.74) is 6.97. The number of hydrogen-bond donors (Lipinski definition) is 2. The summed E-state index contributed by atoms with van der Waals surface area (Å²) in [4.78, 5) is 48.9. The van der Waals surface area contributed by atoms with Crippen molar-refractivity contribution in [2.24, 2.45) is 40.2 Å². The van der Waals surface area contributed by atoms with Crippen molar-refractivity contribution < 1.29 is 42.9 Å². The summed E-state index contributed by atoms with van der Waals surface area (Å²) in [6, 6.07) is 0. The fourth-order valence-electron chi connectivity index (χ4n) is 10.3. The summed E-state index contributed by atoms with van der Waals surface area (Å²) in [6.07, 6.45) is 3.56. The van der Waals surface area contributed by atoms with Crippen LogP contribution in [0.4, 0.5) is 0 Å². The first-order chi connectivity index (χ1) is 20.6. The third kappa shape index (κ3) is 6.23. The van der Waals surface area contributed by atoms with Crippen LogP contribution in [0.3, 0.4) is 0 Å². The van der Waals surface area contributed by atoms with Crippen LogP contribution in [0, 0.1) is 34.5 Å². The van der Waals surface area contributed by atoms with Gasteiger partial charge >= 0.3 is 17.9 Å². The van der Waals surface area contributed by atoms with Gasteiger partial charge in [-0.1, -0.05) is 13.8 Å². The predicted molar refractivity (Wildman–Crippen MR) is 166 cm³/mol. The molecule has 0 aromatic rings. The van der Waals surface area contributed by atoms with E-state index in [2.05, 4.69) is 19.2 Å². The number of carbonyl (C=O) groups excluding carboxylic acids is 4. The molecular weight excluding hydrogens is 604 g/mol. The number of rotatable bonds is 6. The number of halogens is 1. The molecular formula is C33H53ClN2O9. The second kappa shape index (κ2) is 13.3. The Hall–Kier alpha value is -1.95. The van der Waals surface area contributed by atoms with Gasteiger partial charge in [-0.3, -0.25) is 19.2 Å². The lowest BCUT2D eigenvalue weighted by atomic mass is 9.42. The monoisotopic (exact) mass is 656 g/mol. The maximum atomic E-state index is 12.8. The molecule has 0 spiro atoms. The first-order valence-corrected chi connectivity index (χ1v) is 16.5. The van der Waals surface area contributed by atoms with Crippen LogP contribution in [0.25, 0.3) is 0 Å². The minimum absolute atomic E-state index is 0. The molecule has 0 aromatic carbocycles. The molecule has 4 aliphatic carbocycles. The SMILES string of the molecule is CNC(=O)[C@H]1CC[C@]2(N)[C@@H]3CC[C@@H]4C[C@@H](O[C@@H]5O[C@@H](C)[C@H](OC(C)=O)[C@@H](OC(C)=O)[C@H]5OC(C)=O)CC[C@]4(C)[C@H]3CC[C@]12C.Cl. The molecule has 45 heavy (non-hydrogen) atoms. The highest BCUT2D eigenvalue weighted by Gasteiger charge is 2.67. The highest BCUT2D eigenvalue weighted by molar-refractivity contribution is 5.85.